The number of aromatic carboxylic acids is 1. The predicted molar refractivity (Wildman–Crippen MR) is 59.9 cm³/mol. The van der Waals surface area contributed by atoms with E-state index < -0.39 is 5.97 Å². The van der Waals surface area contributed by atoms with E-state index in [4.69, 9.17) is 14.9 Å². The number of hydrogen-bond donors (Lipinski definition) is 2. The molecule has 0 bridgehead atoms. The summed E-state index contributed by atoms with van der Waals surface area (Å²) in [4.78, 5) is 10.8. The summed E-state index contributed by atoms with van der Waals surface area (Å²) < 4.78 is 5.38. The maximum Gasteiger partial charge on any atom is 0.335 e. The van der Waals surface area contributed by atoms with Gasteiger partial charge in [-0.05, 0) is 37.6 Å². The van der Waals surface area contributed by atoms with Crippen LogP contribution in [0.5, 0.6) is 5.75 Å². The summed E-state index contributed by atoms with van der Waals surface area (Å²) in [5, 5.41) is 17.9. The molecule has 16 heavy (non-hydrogen) atoms. The lowest BCUT2D eigenvalue weighted by molar-refractivity contribution is 0.0696. The van der Waals surface area contributed by atoms with Gasteiger partial charge in [0.2, 0.25) is 0 Å². The fraction of sp³-hybridized carbons (Fsp3) is 0.417. The van der Waals surface area contributed by atoms with Crippen molar-refractivity contribution in [1.82, 2.24) is 0 Å². The van der Waals surface area contributed by atoms with Gasteiger partial charge in [0.15, 0.2) is 0 Å². The molecule has 0 saturated carbocycles. The third-order valence-corrected chi connectivity index (χ3v) is 2.23. The number of aliphatic hydroxyl groups excluding tert-OH is 1. The molecule has 0 aliphatic rings. The van der Waals surface area contributed by atoms with Gasteiger partial charge in [0.1, 0.15) is 5.75 Å². The van der Waals surface area contributed by atoms with Gasteiger partial charge in [-0.1, -0.05) is 0 Å². The molecule has 88 valence electrons. The van der Waals surface area contributed by atoms with Crippen molar-refractivity contribution in [2.45, 2.75) is 26.4 Å². The Hall–Kier alpha value is -1.55. The van der Waals surface area contributed by atoms with Crippen LogP contribution in [0.15, 0.2) is 18.2 Å². The molecule has 0 aliphatic heterocycles. The van der Waals surface area contributed by atoms with Crippen molar-refractivity contribution >= 4 is 5.97 Å². The first kappa shape index (κ1) is 12.5. The first-order chi connectivity index (χ1) is 7.50. The third-order valence-electron chi connectivity index (χ3n) is 2.23. The second-order valence-electron chi connectivity index (χ2n) is 3.77. The van der Waals surface area contributed by atoms with E-state index in [-0.39, 0.29) is 11.7 Å². The lowest BCUT2D eigenvalue weighted by atomic mass is 10.1. The number of benzene rings is 1. The highest BCUT2D eigenvalue weighted by Gasteiger charge is 2.07. The summed E-state index contributed by atoms with van der Waals surface area (Å²) in [7, 11) is 0. The molecular formula is C12H16O4. The van der Waals surface area contributed by atoms with Crippen LogP contribution in [-0.4, -0.2) is 28.9 Å². The van der Waals surface area contributed by atoms with E-state index in [2.05, 4.69) is 0 Å². The smallest absolute Gasteiger partial charge is 0.335 e. The van der Waals surface area contributed by atoms with Crippen molar-refractivity contribution in [3.05, 3.63) is 29.3 Å². The van der Waals surface area contributed by atoms with Gasteiger partial charge in [-0.2, -0.15) is 0 Å². The van der Waals surface area contributed by atoms with E-state index in [0.717, 1.165) is 0 Å². The average Bonchev–Trinajstić information content (AvgIpc) is 2.16. The number of rotatable bonds is 5. The summed E-state index contributed by atoms with van der Waals surface area (Å²) in [5.41, 5.74) is 0.949. The van der Waals surface area contributed by atoms with Crippen molar-refractivity contribution in [3.63, 3.8) is 0 Å². The molecule has 0 aromatic heterocycles. The van der Waals surface area contributed by atoms with Gasteiger partial charge in [0.05, 0.1) is 18.3 Å². The van der Waals surface area contributed by atoms with Crippen LogP contribution in [0.3, 0.4) is 0 Å². The Balaban J connectivity index is 2.63. The Morgan fingerprint density at radius 2 is 2.19 bits per heavy atom. The van der Waals surface area contributed by atoms with Gasteiger partial charge in [-0.25, -0.2) is 4.79 Å². The van der Waals surface area contributed by atoms with Gasteiger partial charge >= 0.3 is 5.97 Å². The van der Waals surface area contributed by atoms with Crippen molar-refractivity contribution in [2.24, 2.45) is 0 Å². The molecule has 1 atom stereocenters. The molecule has 0 amide bonds. The van der Waals surface area contributed by atoms with E-state index in [9.17, 15) is 4.79 Å². The lowest BCUT2D eigenvalue weighted by Crippen LogP contribution is -2.08. The van der Waals surface area contributed by atoms with Crippen LogP contribution in [-0.2, 0) is 0 Å². The quantitative estimate of drug-likeness (QED) is 0.800. The molecule has 1 rings (SSSR count). The van der Waals surface area contributed by atoms with Crippen LogP contribution in [0.2, 0.25) is 0 Å². The van der Waals surface area contributed by atoms with Crippen LogP contribution in [0, 0.1) is 6.92 Å². The Labute approximate surface area is 94.5 Å². The van der Waals surface area contributed by atoms with Crippen molar-refractivity contribution in [3.8, 4) is 5.75 Å². The van der Waals surface area contributed by atoms with E-state index in [1.54, 1.807) is 26.0 Å². The number of ether oxygens (including phenoxy) is 1. The van der Waals surface area contributed by atoms with E-state index >= 15 is 0 Å². The molecule has 4 heteroatoms. The van der Waals surface area contributed by atoms with E-state index in [1.165, 1.54) is 6.07 Å². The monoisotopic (exact) mass is 224 g/mol. The Morgan fingerprint density at radius 3 is 2.69 bits per heavy atom. The number of carboxylic acids is 1. The fourth-order valence-corrected chi connectivity index (χ4v) is 1.31. The summed E-state index contributed by atoms with van der Waals surface area (Å²) in [6, 6.07) is 4.83. The van der Waals surface area contributed by atoms with Gasteiger partial charge in [-0.15, -0.1) is 0 Å². The molecular weight excluding hydrogens is 208 g/mol. The second kappa shape index (κ2) is 5.51. The van der Waals surface area contributed by atoms with Crippen LogP contribution >= 0.6 is 0 Å². The maximum absolute atomic E-state index is 10.8. The summed E-state index contributed by atoms with van der Waals surface area (Å²) >= 11 is 0. The molecule has 0 saturated heterocycles. The minimum Gasteiger partial charge on any atom is -0.493 e. The molecule has 1 aromatic rings. The van der Waals surface area contributed by atoms with E-state index in [0.29, 0.717) is 24.3 Å². The Kier molecular flexibility index (Phi) is 4.31. The van der Waals surface area contributed by atoms with Crippen LogP contribution in [0.4, 0.5) is 0 Å². The number of aryl methyl sites for hydroxylation is 1. The van der Waals surface area contributed by atoms with Gasteiger partial charge in [0, 0.05) is 6.42 Å². The second-order valence-corrected chi connectivity index (χ2v) is 3.77. The first-order valence-corrected chi connectivity index (χ1v) is 5.15. The Morgan fingerprint density at radius 1 is 1.50 bits per heavy atom. The summed E-state index contributed by atoms with van der Waals surface area (Å²) in [6.45, 7) is 3.84. The SMILES string of the molecule is Cc1cc(OCCC(C)O)ccc1C(=O)O. The topological polar surface area (TPSA) is 66.8 Å². The van der Waals surface area contributed by atoms with Gasteiger partial charge < -0.3 is 14.9 Å². The van der Waals surface area contributed by atoms with Crippen LogP contribution in [0.25, 0.3) is 0 Å². The average molecular weight is 224 g/mol. The molecule has 1 aromatic carbocycles. The minimum absolute atomic E-state index is 0.280. The Bertz CT molecular complexity index is 371. The maximum atomic E-state index is 10.8. The molecule has 0 fully saturated rings. The van der Waals surface area contributed by atoms with Crippen molar-refractivity contribution in [2.75, 3.05) is 6.61 Å². The molecule has 0 aliphatic carbocycles. The lowest BCUT2D eigenvalue weighted by Gasteiger charge is -2.09. The molecule has 0 radical (unpaired) electrons. The molecule has 1 unspecified atom stereocenters. The van der Waals surface area contributed by atoms with Crippen LogP contribution < -0.4 is 4.74 Å². The van der Waals surface area contributed by atoms with Crippen LogP contribution in [0.1, 0.15) is 29.3 Å². The molecule has 2 N–H and O–H groups in total. The fourth-order valence-electron chi connectivity index (χ4n) is 1.31. The van der Waals surface area contributed by atoms with Crippen molar-refractivity contribution in [1.29, 1.82) is 0 Å². The molecule has 4 nitrogen and oxygen atoms in total. The predicted octanol–water partition coefficient (Wildman–Crippen LogP) is 1.84. The van der Waals surface area contributed by atoms with Gasteiger partial charge in [-0.3, -0.25) is 0 Å². The third kappa shape index (κ3) is 3.55. The number of hydrogen-bond acceptors (Lipinski definition) is 3. The first-order valence-electron chi connectivity index (χ1n) is 5.15. The van der Waals surface area contributed by atoms with Gasteiger partial charge in [0.25, 0.3) is 0 Å². The molecule has 0 spiro atoms. The minimum atomic E-state index is -0.937. The highest BCUT2D eigenvalue weighted by molar-refractivity contribution is 5.89. The summed E-state index contributed by atoms with van der Waals surface area (Å²) in [5.74, 6) is -0.309. The van der Waals surface area contributed by atoms with Crippen molar-refractivity contribution < 1.29 is 19.7 Å². The summed E-state index contributed by atoms with van der Waals surface area (Å²) in [6.07, 6.45) is 0.166. The highest BCUT2D eigenvalue weighted by atomic mass is 16.5. The van der Waals surface area contributed by atoms with E-state index in [1.807, 2.05) is 0 Å². The molecule has 0 heterocycles. The normalized spacial score (nSPS) is 12.2. The number of aliphatic hydroxyl groups is 1. The number of carboxylic acid groups (broad SMARTS) is 1. The zero-order chi connectivity index (χ0) is 12.1. The zero-order valence-electron chi connectivity index (χ0n) is 9.43. The zero-order valence-corrected chi connectivity index (χ0v) is 9.43. The standard InChI is InChI=1S/C12H16O4/c1-8-7-10(16-6-5-9(2)13)3-4-11(8)12(14)15/h3-4,7,9,13H,5-6H2,1-2H3,(H,14,15). The number of carbonyl (C=O) groups is 1. The largest absolute Gasteiger partial charge is 0.493 e. The highest BCUT2D eigenvalue weighted by Crippen LogP contribution is 2.17.